The van der Waals surface area contributed by atoms with Crippen LogP contribution >= 0.6 is 23.4 Å². The van der Waals surface area contributed by atoms with Crippen molar-refractivity contribution in [2.45, 2.75) is 25.1 Å². The van der Waals surface area contributed by atoms with Gasteiger partial charge in [-0.1, -0.05) is 29.4 Å². The molecule has 1 fully saturated rings. The fourth-order valence-corrected chi connectivity index (χ4v) is 3.07. The van der Waals surface area contributed by atoms with Crippen molar-refractivity contribution in [3.63, 3.8) is 0 Å². The molecule has 0 spiro atoms. The minimum absolute atomic E-state index is 0.0501. The predicted molar refractivity (Wildman–Crippen MR) is 71.3 cm³/mol. The second kappa shape index (κ2) is 5.71. The molecular formula is C12H13ClN2O2S. The van der Waals surface area contributed by atoms with Crippen molar-refractivity contribution in [1.29, 1.82) is 0 Å². The Morgan fingerprint density at radius 3 is 3.11 bits per heavy atom. The molecule has 0 N–H and O–H groups in total. The molecule has 1 aromatic heterocycles. The third kappa shape index (κ3) is 3.23. The molecule has 1 aliphatic rings. The van der Waals surface area contributed by atoms with Crippen molar-refractivity contribution in [3.8, 4) is 0 Å². The van der Waals surface area contributed by atoms with Crippen LogP contribution in [0.2, 0.25) is 5.15 Å². The fourth-order valence-electron chi connectivity index (χ4n) is 1.95. The zero-order valence-electron chi connectivity index (χ0n) is 9.93. The molecule has 4 nitrogen and oxygen atoms in total. The lowest BCUT2D eigenvalue weighted by molar-refractivity contribution is -0.128. The number of pyridine rings is 1. The zero-order valence-corrected chi connectivity index (χ0v) is 11.5. The molecule has 2 rings (SSSR count). The molecule has 1 amide bonds. The summed E-state index contributed by atoms with van der Waals surface area (Å²) >= 11 is 7.20. The molecule has 0 aliphatic carbocycles. The number of thioether (sulfide) groups is 1. The van der Waals surface area contributed by atoms with Crippen molar-refractivity contribution >= 4 is 34.4 Å². The van der Waals surface area contributed by atoms with Gasteiger partial charge >= 0.3 is 0 Å². The molecule has 1 atom stereocenters. The number of hydrogen-bond donors (Lipinski definition) is 0. The summed E-state index contributed by atoms with van der Waals surface area (Å²) in [6, 6.07) is 3.65. The van der Waals surface area contributed by atoms with Crippen LogP contribution in [0.5, 0.6) is 0 Å². The standard InChI is InChI=1S/C12H13ClN2O2S/c1-8(16)18-10-5-11(17)15(7-10)6-9-3-2-4-14-12(9)13/h2-4,10H,5-7H2,1H3. The molecule has 1 aromatic rings. The minimum Gasteiger partial charge on any atom is -0.337 e. The van der Waals surface area contributed by atoms with Crippen molar-refractivity contribution < 1.29 is 9.59 Å². The smallest absolute Gasteiger partial charge is 0.224 e. The van der Waals surface area contributed by atoms with E-state index in [-0.39, 0.29) is 16.3 Å². The Balaban J connectivity index is 2.01. The van der Waals surface area contributed by atoms with E-state index < -0.39 is 0 Å². The molecule has 0 bridgehead atoms. The summed E-state index contributed by atoms with van der Waals surface area (Å²) in [5.41, 5.74) is 0.834. The highest BCUT2D eigenvalue weighted by atomic mass is 35.5. The van der Waals surface area contributed by atoms with Crippen LogP contribution in [0.1, 0.15) is 18.9 Å². The van der Waals surface area contributed by atoms with Crippen LogP contribution in [-0.2, 0) is 16.1 Å². The van der Waals surface area contributed by atoms with Gasteiger partial charge in [-0.05, 0) is 6.07 Å². The van der Waals surface area contributed by atoms with Crippen LogP contribution in [0.3, 0.4) is 0 Å². The van der Waals surface area contributed by atoms with Gasteiger partial charge in [-0.3, -0.25) is 9.59 Å². The van der Waals surface area contributed by atoms with E-state index in [2.05, 4.69) is 4.98 Å². The number of nitrogens with zero attached hydrogens (tertiary/aromatic N) is 2. The zero-order chi connectivity index (χ0) is 13.1. The summed E-state index contributed by atoms with van der Waals surface area (Å²) in [4.78, 5) is 28.6. The monoisotopic (exact) mass is 284 g/mol. The van der Waals surface area contributed by atoms with Gasteiger partial charge in [0.05, 0.1) is 0 Å². The number of likely N-dealkylation sites (tertiary alicyclic amines) is 1. The molecule has 1 unspecified atom stereocenters. The van der Waals surface area contributed by atoms with Gasteiger partial charge in [-0.15, -0.1) is 0 Å². The highest BCUT2D eigenvalue weighted by molar-refractivity contribution is 8.14. The number of carbonyl (C=O) groups is 2. The van der Waals surface area contributed by atoms with E-state index in [0.717, 1.165) is 5.56 Å². The van der Waals surface area contributed by atoms with Crippen molar-refractivity contribution in [3.05, 3.63) is 29.0 Å². The second-order valence-electron chi connectivity index (χ2n) is 4.16. The molecular weight excluding hydrogens is 272 g/mol. The first kappa shape index (κ1) is 13.4. The first-order valence-electron chi connectivity index (χ1n) is 5.60. The lowest BCUT2D eigenvalue weighted by atomic mass is 10.3. The van der Waals surface area contributed by atoms with Gasteiger partial charge in [-0.2, -0.15) is 0 Å². The molecule has 0 aromatic carbocycles. The topological polar surface area (TPSA) is 50.3 Å². The van der Waals surface area contributed by atoms with Gasteiger partial charge < -0.3 is 4.90 Å². The third-order valence-electron chi connectivity index (χ3n) is 2.71. The average molecular weight is 285 g/mol. The first-order chi connectivity index (χ1) is 8.56. The van der Waals surface area contributed by atoms with Crippen LogP contribution in [0, 0.1) is 0 Å². The minimum atomic E-state index is 0.0501. The SMILES string of the molecule is CC(=O)SC1CC(=O)N(Cc2cccnc2Cl)C1. The molecule has 96 valence electrons. The van der Waals surface area contributed by atoms with Gasteiger partial charge in [0.25, 0.3) is 0 Å². The lowest BCUT2D eigenvalue weighted by Gasteiger charge is -2.16. The molecule has 0 saturated carbocycles. The Kier molecular flexibility index (Phi) is 4.24. The van der Waals surface area contributed by atoms with E-state index in [0.29, 0.717) is 24.7 Å². The Hall–Kier alpha value is -1.07. The van der Waals surface area contributed by atoms with E-state index in [1.165, 1.54) is 18.7 Å². The molecule has 2 heterocycles. The summed E-state index contributed by atoms with van der Waals surface area (Å²) in [5.74, 6) is 0.0636. The maximum atomic E-state index is 11.8. The highest BCUT2D eigenvalue weighted by Crippen LogP contribution is 2.26. The summed E-state index contributed by atoms with van der Waals surface area (Å²) in [6.45, 7) is 2.57. The van der Waals surface area contributed by atoms with Crippen LogP contribution in [-0.4, -0.2) is 32.7 Å². The lowest BCUT2D eigenvalue weighted by Crippen LogP contribution is -2.25. The van der Waals surface area contributed by atoms with Crippen LogP contribution in [0.25, 0.3) is 0 Å². The van der Waals surface area contributed by atoms with E-state index in [4.69, 9.17) is 11.6 Å². The van der Waals surface area contributed by atoms with Crippen LogP contribution in [0.4, 0.5) is 0 Å². The Labute approximate surface area is 115 Å². The van der Waals surface area contributed by atoms with Gasteiger partial charge in [0.1, 0.15) is 5.15 Å². The number of aromatic nitrogens is 1. The molecule has 18 heavy (non-hydrogen) atoms. The maximum absolute atomic E-state index is 11.8. The summed E-state index contributed by atoms with van der Waals surface area (Å²) in [6.07, 6.45) is 2.04. The normalized spacial score (nSPS) is 19.3. The van der Waals surface area contributed by atoms with Gasteiger partial charge in [-0.25, -0.2) is 4.98 Å². The third-order valence-corrected chi connectivity index (χ3v) is 4.03. The van der Waals surface area contributed by atoms with Crippen LogP contribution < -0.4 is 0 Å². The van der Waals surface area contributed by atoms with Crippen molar-refractivity contribution in [2.24, 2.45) is 0 Å². The second-order valence-corrected chi connectivity index (χ2v) is 6.00. The fraction of sp³-hybridized carbons (Fsp3) is 0.417. The number of carbonyl (C=O) groups excluding carboxylic acids is 2. The van der Waals surface area contributed by atoms with Gasteiger partial charge in [0.15, 0.2) is 5.12 Å². The molecule has 6 heteroatoms. The average Bonchev–Trinajstić information content (AvgIpc) is 2.61. The van der Waals surface area contributed by atoms with E-state index >= 15 is 0 Å². The number of amides is 1. The quantitative estimate of drug-likeness (QED) is 0.798. The maximum Gasteiger partial charge on any atom is 0.224 e. The van der Waals surface area contributed by atoms with Gasteiger partial charge in [0, 0.05) is 43.4 Å². The van der Waals surface area contributed by atoms with Crippen LogP contribution in [0.15, 0.2) is 18.3 Å². The highest BCUT2D eigenvalue weighted by Gasteiger charge is 2.31. The Morgan fingerprint density at radius 1 is 1.67 bits per heavy atom. The van der Waals surface area contributed by atoms with Crippen molar-refractivity contribution in [2.75, 3.05) is 6.54 Å². The molecule has 1 saturated heterocycles. The molecule has 0 radical (unpaired) electrons. The molecule has 1 aliphatic heterocycles. The summed E-state index contributed by atoms with van der Waals surface area (Å²) < 4.78 is 0. The number of halogens is 1. The Morgan fingerprint density at radius 2 is 2.44 bits per heavy atom. The van der Waals surface area contributed by atoms with Gasteiger partial charge in [0.2, 0.25) is 5.91 Å². The van der Waals surface area contributed by atoms with E-state index in [1.807, 2.05) is 6.07 Å². The predicted octanol–water partition coefficient (Wildman–Crippen LogP) is 2.12. The number of hydrogen-bond acceptors (Lipinski definition) is 4. The van der Waals surface area contributed by atoms with E-state index in [1.54, 1.807) is 17.2 Å². The number of rotatable bonds is 3. The Bertz CT molecular complexity index is 481. The summed E-state index contributed by atoms with van der Waals surface area (Å²) in [5, 5.41) is 0.535. The van der Waals surface area contributed by atoms with Crippen molar-refractivity contribution in [1.82, 2.24) is 9.88 Å². The summed E-state index contributed by atoms with van der Waals surface area (Å²) in [7, 11) is 0. The largest absolute Gasteiger partial charge is 0.337 e. The van der Waals surface area contributed by atoms with E-state index in [9.17, 15) is 9.59 Å². The first-order valence-corrected chi connectivity index (χ1v) is 6.86.